The fraction of sp³-hybridized carbons (Fsp3) is 0.0714. The summed E-state index contributed by atoms with van der Waals surface area (Å²) in [4.78, 5) is 0. The molecule has 0 spiro atoms. The van der Waals surface area contributed by atoms with Crippen molar-refractivity contribution in [3.63, 3.8) is 0 Å². The van der Waals surface area contributed by atoms with E-state index in [-0.39, 0.29) is 0 Å². The van der Waals surface area contributed by atoms with Crippen LogP contribution in [0.2, 0.25) is 5.02 Å². The molecule has 0 fully saturated rings. The second-order valence-corrected chi connectivity index (χ2v) is 4.62. The topological polar surface area (TPSA) is 64.9 Å². The second-order valence-electron chi connectivity index (χ2n) is 4.22. The van der Waals surface area contributed by atoms with Gasteiger partial charge in [-0.1, -0.05) is 28.8 Å². The van der Waals surface area contributed by atoms with Gasteiger partial charge >= 0.3 is 0 Å². The standard InChI is InChI=1S/C14H12ClN5O/c1-21-11-8-6-10(7-9-11)20-14(17-18-19-20)16-13-5-3-2-4-12(13)15/h2-9H,1H3,(H,16,17,19). The first-order chi connectivity index (χ1) is 10.3. The SMILES string of the molecule is COc1ccc(-n2nnnc2Nc2ccccc2Cl)cc1. The Bertz CT molecular complexity index is 741. The number of hydrogen-bond acceptors (Lipinski definition) is 5. The van der Waals surface area contributed by atoms with Crippen molar-refractivity contribution in [2.75, 3.05) is 12.4 Å². The van der Waals surface area contributed by atoms with E-state index >= 15 is 0 Å². The highest BCUT2D eigenvalue weighted by Gasteiger charge is 2.10. The van der Waals surface area contributed by atoms with E-state index in [1.54, 1.807) is 17.9 Å². The molecule has 7 heteroatoms. The highest BCUT2D eigenvalue weighted by Crippen LogP contribution is 2.24. The normalized spacial score (nSPS) is 10.4. The number of tetrazole rings is 1. The molecule has 0 aliphatic rings. The summed E-state index contributed by atoms with van der Waals surface area (Å²) in [5, 5.41) is 15.4. The fourth-order valence-corrected chi connectivity index (χ4v) is 2.03. The predicted octanol–water partition coefficient (Wildman–Crippen LogP) is 3.07. The third-order valence-electron chi connectivity index (χ3n) is 2.91. The summed E-state index contributed by atoms with van der Waals surface area (Å²) in [7, 11) is 1.62. The zero-order chi connectivity index (χ0) is 14.7. The molecule has 106 valence electrons. The summed E-state index contributed by atoms with van der Waals surface area (Å²) in [6, 6.07) is 14.8. The molecule has 1 aromatic heterocycles. The highest BCUT2D eigenvalue weighted by atomic mass is 35.5. The van der Waals surface area contributed by atoms with E-state index in [4.69, 9.17) is 16.3 Å². The van der Waals surface area contributed by atoms with Gasteiger partial charge in [0, 0.05) is 0 Å². The molecule has 1 heterocycles. The van der Waals surface area contributed by atoms with Gasteiger partial charge in [-0.15, -0.1) is 0 Å². The van der Waals surface area contributed by atoms with Gasteiger partial charge in [0.05, 0.1) is 23.5 Å². The smallest absolute Gasteiger partial charge is 0.252 e. The van der Waals surface area contributed by atoms with E-state index in [1.807, 2.05) is 42.5 Å². The molecule has 0 atom stereocenters. The minimum atomic E-state index is 0.480. The van der Waals surface area contributed by atoms with Crippen LogP contribution in [0.1, 0.15) is 0 Å². The number of benzene rings is 2. The Labute approximate surface area is 126 Å². The number of nitrogens with one attached hydrogen (secondary N) is 1. The molecule has 6 nitrogen and oxygen atoms in total. The third-order valence-corrected chi connectivity index (χ3v) is 3.24. The second kappa shape index (κ2) is 5.80. The molecule has 0 radical (unpaired) electrons. The Morgan fingerprint density at radius 2 is 1.86 bits per heavy atom. The fourth-order valence-electron chi connectivity index (χ4n) is 1.85. The number of hydrogen-bond donors (Lipinski definition) is 1. The summed E-state index contributed by atoms with van der Waals surface area (Å²) < 4.78 is 6.72. The van der Waals surface area contributed by atoms with E-state index in [0.29, 0.717) is 11.0 Å². The number of halogens is 1. The van der Waals surface area contributed by atoms with Crippen molar-refractivity contribution in [1.82, 2.24) is 20.2 Å². The molecule has 3 rings (SSSR count). The Kier molecular flexibility index (Phi) is 3.70. The van der Waals surface area contributed by atoms with Gasteiger partial charge < -0.3 is 10.1 Å². The monoisotopic (exact) mass is 301 g/mol. The van der Waals surface area contributed by atoms with Gasteiger partial charge in [0.1, 0.15) is 5.75 Å². The molecule has 0 saturated carbocycles. The zero-order valence-corrected chi connectivity index (χ0v) is 11.9. The van der Waals surface area contributed by atoms with Crippen molar-refractivity contribution in [3.05, 3.63) is 53.6 Å². The van der Waals surface area contributed by atoms with E-state index in [9.17, 15) is 0 Å². The molecule has 3 aromatic rings. The number of aromatic nitrogens is 4. The Balaban J connectivity index is 1.91. The van der Waals surface area contributed by atoms with Crippen LogP contribution in [0.4, 0.5) is 11.6 Å². The zero-order valence-electron chi connectivity index (χ0n) is 11.2. The van der Waals surface area contributed by atoms with Gasteiger partial charge in [-0.25, -0.2) is 0 Å². The largest absolute Gasteiger partial charge is 0.497 e. The summed E-state index contributed by atoms with van der Waals surface area (Å²) in [6.07, 6.45) is 0. The first kappa shape index (κ1) is 13.4. The van der Waals surface area contributed by atoms with Crippen LogP contribution in [-0.2, 0) is 0 Å². The lowest BCUT2D eigenvalue weighted by Gasteiger charge is -2.08. The number of rotatable bonds is 4. The van der Waals surface area contributed by atoms with Crippen LogP contribution < -0.4 is 10.1 Å². The molecule has 2 aromatic carbocycles. The number of ether oxygens (including phenoxy) is 1. The summed E-state index contributed by atoms with van der Waals surface area (Å²) in [5.74, 6) is 1.25. The van der Waals surface area contributed by atoms with Crippen molar-refractivity contribution in [1.29, 1.82) is 0 Å². The number of nitrogens with zero attached hydrogens (tertiary/aromatic N) is 4. The van der Waals surface area contributed by atoms with Crippen LogP contribution in [0, 0.1) is 0 Å². The minimum Gasteiger partial charge on any atom is -0.497 e. The Morgan fingerprint density at radius 3 is 2.57 bits per heavy atom. The number of methoxy groups -OCH3 is 1. The molecule has 0 unspecified atom stereocenters. The Hall–Kier alpha value is -2.60. The van der Waals surface area contributed by atoms with Gasteiger partial charge in [-0.2, -0.15) is 4.68 Å². The van der Waals surface area contributed by atoms with E-state index in [0.717, 1.165) is 17.1 Å². The van der Waals surface area contributed by atoms with Crippen LogP contribution in [0.25, 0.3) is 5.69 Å². The molecule has 1 N–H and O–H groups in total. The molecule has 0 amide bonds. The molecule has 0 saturated heterocycles. The minimum absolute atomic E-state index is 0.480. The van der Waals surface area contributed by atoms with Crippen LogP contribution in [0.3, 0.4) is 0 Å². The average molecular weight is 302 g/mol. The Morgan fingerprint density at radius 1 is 1.10 bits per heavy atom. The first-order valence-corrected chi connectivity index (χ1v) is 6.60. The van der Waals surface area contributed by atoms with E-state index in [1.165, 1.54) is 0 Å². The lowest BCUT2D eigenvalue weighted by Crippen LogP contribution is -2.03. The average Bonchev–Trinajstić information content (AvgIpc) is 2.98. The molecule has 0 bridgehead atoms. The molecular weight excluding hydrogens is 290 g/mol. The lowest BCUT2D eigenvalue weighted by atomic mass is 10.3. The maximum absolute atomic E-state index is 6.12. The van der Waals surface area contributed by atoms with Crippen LogP contribution in [0.15, 0.2) is 48.5 Å². The van der Waals surface area contributed by atoms with Gasteiger partial charge in [-0.3, -0.25) is 0 Å². The summed E-state index contributed by atoms with van der Waals surface area (Å²) in [6.45, 7) is 0. The van der Waals surface area contributed by atoms with Crippen molar-refractivity contribution >= 4 is 23.2 Å². The van der Waals surface area contributed by atoms with Crippen LogP contribution in [0.5, 0.6) is 5.75 Å². The van der Waals surface area contributed by atoms with Gasteiger partial charge in [0.15, 0.2) is 0 Å². The number of anilines is 2. The molecule has 0 aliphatic carbocycles. The predicted molar refractivity (Wildman–Crippen MR) is 80.4 cm³/mol. The van der Waals surface area contributed by atoms with Crippen molar-refractivity contribution < 1.29 is 4.74 Å². The van der Waals surface area contributed by atoms with E-state index in [2.05, 4.69) is 20.8 Å². The van der Waals surface area contributed by atoms with Gasteiger partial charge in [0.25, 0.3) is 5.95 Å². The third kappa shape index (κ3) is 2.80. The maximum atomic E-state index is 6.12. The maximum Gasteiger partial charge on any atom is 0.252 e. The van der Waals surface area contributed by atoms with Crippen molar-refractivity contribution in [3.8, 4) is 11.4 Å². The molecular formula is C14H12ClN5O. The van der Waals surface area contributed by atoms with Crippen molar-refractivity contribution in [2.45, 2.75) is 0 Å². The van der Waals surface area contributed by atoms with Crippen LogP contribution in [-0.4, -0.2) is 27.3 Å². The quantitative estimate of drug-likeness (QED) is 0.802. The lowest BCUT2D eigenvalue weighted by molar-refractivity contribution is 0.414. The summed E-state index contributed by atoms with van der Waals surface area (Å²) in [5.41, 5.74) is 1.55. The molecule has 0 aliphatic heterocycles. The van der Waals surface area contributed by atoms with E-state index < -0.39 is 0 Å². The molecule has 21 heavy (non-hydrogen) atoms. The van der Waals surface area contributed by atoms with Gasteiger partial charge in [-0.05, 0) is 46.8 Å². The summed E-state index contributed by atoms with van der Waals surface area (Å²) >= 11 is 6.12. The van der Waals surface area contributed by atoms with Gasteiger partial charge in [0.2, 0.25) is 0 Å². The number of para-hydroxylation sites is 1. The van der Waals surface area contributed by atoms with Crippen LogP contribution >= 0.6 is 11.6 Å². The van der Waals surface area contributed by atoms with Crippen molar-refractivity contribution in [2.24, 2.45) is 0 Å². The highest BCUT2D eigenvalue weighted by molar-refractivity contribution is 6.33. The first-order valence-electron chi connectivity index (χ1n) is 6.22.